The van der Waals surface area contributed by atoms with E-state index in [1.807, 2.05) is 103 Å². The molecule has 0 bridgehead atoms. The lowest BCUT2D eigenvalue weighted by atomic mass is 9.77. The van der Waals surface area contributed by atoms with Crippen LogP contribution in [0.1, 0.15) is 125 Å². The maximum Gasteiger partial charge on any atom is 0.407 e. The van der Waals surface area contributed by atoms with Crippen molar-refractivity contribution in [1.29, 1.82) is 0 Å². The van der Waals surface area contributed by atoms with Crippen molar-refractivity contribution in [1.82, 2.24) is 36.8 Å². The molecular weight excluding hydrogens is 1000 g/mol. The number of rotatable bonds is 26. The molecule has 0 spiro atoms. The number of carboxylic acid groups (broad SMARTS) is 1. The van der Waals surface area contributed by atoms with Gasteiger partial charge >= 0.3 is 12.1 Å². The molecular formula is C62H75N7O10. The second-order valence-electron chi connectivity index (χ2n) is 20.8. The molecule has 79 heavy (non-hydrogen) atoms. The van der Waals surface area contributed by atoms with Crippen LogP contribution in [0, 0.1) is 0 Å². The smallest absolute Gasteiger partial charge is 0.407 e. The molecule has 4 atom stereocenters. The van der Waals surface area contributed by atoms with E-state index < -0.39 is 83.3 Å². The molecule has 1 fully saturated rings. The van der Waals surface area contributed by atoms with E-state index >= 15 is 0 Å². The summed E-state index contributed by atoms with van der Waals surface area (Å²) in [7, 11) is 0. The number of aliphatic carboxylic acids is 1. The highest BCUT2D eigenvalue weighted by molar-refractivity contribution is 5.97. The number of carboxylic acids is 1. The molecule has 7 amide bonds. The van der Waals surface area contributed by atoms with Crippen LogP contribution in [0.3, 0.4) is 0 Å². The Morgan fingerprint density at radius 2 is 1.23 bits per heavy atom. The van der Waals surface area contributed by atoms with E-state index in [4.69, 9.17) is 4.74 Å². The van der Waals surface area contributed by atoms with Gasteiger partial charge in [-0.05, 0) is 118 Å². The fourth-order valence-electron chi connectivity index (χ4n) is 9.55. The minimum absolute atomic E-state index is 0.0235. The lowest BCUT2D eigenvalue weighted by Crippen LogP contribution is -2.57. The van der Waals surface area contributed by atoms with Gasteiger partial charge in [-0.2, -0.15) is 0 Å². The minimum atomic E-state index is -1.69. The number of likely N-dealkylation sites (tertiary alicyclic amines) is 1. The van der Waals surface area contributed by atoms with E-state index in [0.29, 0.717) is 41.5 Å². The van der Waals surface area contributed by atoms with E-state index in [2.05, 4.69) is 63.1 Å². The fourth-order valence-corrected chi connectivity index (χ4v) is 9.55. The summed E-state index contributed by atoms with van der Waals surface area (Å²) in [5.74, 6) is -5.10. The Bertz CT molecular complexity index is 2750. The molecule has 1 heterocycles. The van der Waals surface area contributed by atoms with Crippen LogP contribution in [0.25, 0.3) is 11.1 Å². The summed E-state index contributed by atoms with van der Waals surface area (Å²) in [4.78, 5) is 109. The molecule has 17 nitrogen and oxygen atoms in total. The minimum Gasteiger partial charge on any atom is -0.480 e. The Labute approximate surface area is 463 Å². The van der Waals surface area contributed by atoms with Crippen LogP contribution in [0.15, 0.2) is 140 Å². The molecule has 7 N–H and O–H groups in total. The summed E-state index contributed by atoms with van der Waals surface area (Å²) in [6.07, 6.45) is 3.53. The van der Waals surface area contributed by atoms with Crippen molar-refractivity contribution in [2.24, 2.45) is 0 Å². The Morgan fingerprint density at radius 1 is 0.658 bits per heavy atom. The lowest BCUT2D eigenvalue weighted by molar-refractivity contribution is -0.144. The van der Waals surface area contributed by atoms with Crippen LogP contribution in [0.2, 0.25) is 0 Å². The summed E-state index contributed by atoms with van der Waals surface area (Å²) < 4.78 is 5.32. The highest BCUT2D eigenvalue weighted by atomic mass is 16.6. The number of nitrogens with one attached hydrogen (secondary N) is 6. The Kier molecular flexibility index (Phi) is 21.9. The zero-order valence-electron chi connectivity index (χ0n) is 45.8. The number of ether oxygens (including phenoxy) is 1. The van der Waals surface area contributed by atoms with Gasteiger partial charge in [-0.3, -0.25) is 28.8 Å². The number of alkyl carbamates (subject to hydrolysis) is 1. The number of carbonyl (C=O) groups is 8. The van der Waals surface area contributed by atoms with Crippen LogP contribution < -0.4 is 31.9 Å². The van der Waals surface area contributed by atoms with Crippen molar-refractivity contribution in [3.8, 4) is 11.1 Å². The number of unbranched alkanes of at least 4 members (excludes halogenated alkanes) is 2. The number of aryl methyl sites for hydroxylation is 1. The average Bonchev–Trinajstić information content (AvgIpc) is 3.95. The van der Waals surface area contributed by atoms with E-state index in [-0.39, 0.29) is 44.8 Å². The molecule has 17 heteroatoms. The molecule has 418 valence electrons. The molecule has 0 aromatic heterocycles. The van der Waals surface area contributed by atoms with Crippen molar-refractivity contribution >= 4 is 47.5 Å². The third-order valence-corrected chi connectivity index (χ3v) is 13.7. The van der Waals surface area contributed by atoms with Gasteiger partial charge in [0.25, 0.3) is 5.91 Å². The largest absolute Gasteiger partial charge is 0.480 e. The molecule has 5 aromatic carbocycles. The first kappa shape index (κ1) is 59.9. The highest BCUT2D eigenvalue weighted by Gasteiger charge is 2.41. The van der Waals surface area contributed by atoms with E-state index in [1.165, 1.54) is 17.4 Å². The topological polar surface area (TPSA) is 241 Å². The first-order chi connectivity index (χ1) is 37.9. The van der Waals surface area contributed by atoms with Crippen molar-refractivity contribution < 1.29 is 48.2 Å². The number of benzene rings is 5. The highest BCUT2D eigenvalue weighted by Crippen LogP contribution is 2.37. The SMILES string of the molecule is CCCCc1ccc(-c2ccc(C(=O)NCCC(=O)N[C@@H](CCCCNC(=O)OC(C)(C)C)C(=O)N3CCC[C@H]3C(=O)N[C@@H](C)C(=O)N[C@@H](CC(=O)NC(c3ccccc3)(c3ccccc3)c3ccccc3)C(=O)O)cc2)cc1. The molecule has 0 saturated carbocycles. The third kappa shape index (κ3) is 17.3. The number of carbonyl (C=O) groups excluding carboxylic acids is 7. The van der Waals surface area contributed by atoms with Crippen molar-refractivity contribution in [2.75, 3.05) is 19.6 Å². The van der Waals surface area contributed by atoms with Crippen molar-refractivity contribution in [2.45, 2.75) is 134 Å². The second kappa shape index (κ2) is 28.9. The maximum atomic E-state index is 14.4. The first-order valence-electron chi connectivity index (χ1n) is 27.2. The zero-order chi connectivity index (χ0) is 57.0. The van der Waals surface area contributed by atoms with Gasteiger partial charge in [0, 0.05) is 31.6 Å². The van der Waals surface area contributed by atoms with Gasteiger partial charge in [-0.1, -0.05) is 141 Å². The van der Waals surface area contributed by atoms with Crippen LogP contribution in [-0.2, 0) is 45.5 Å². The summed E-state index contributed by atoms with van der Waals surface area (Å²) >= 11 is 0. The van der Waals surface area contributed by atoms with Gasteiger partial charge in [0.2, 0.25) is 29.5 Å². The zero-order valence-corrected chi connectivity index (χ0v) is 45.8. The Hall–Kier alpha value is -8.34. The number of amides is 7. The standard InChI is InChI=1S/C62H75N7O10/c1-6-7-20-43-29-31-44(32-30-43)45-33-35-46(36-34-45)56(73)63-39-37-53(70)66-50(27-17-18-38-64-60(78)79-61(3,4)5)58(75)69-40-19-28-52(69)57(74)65-42(2)55(72)67-51(59(76)77)41-54(71)68-62(47-21-11-8-12-22-47,48-23-13-9-14-24-48)49-25-15-10-16-26-49/h8-16,21-26,29-36,42,50-52H,6-7,17-20,27-28,37-41H2,1-5H3,(H,63,73)(H,64,78)(H,65,74)(H,66,70)(H,67,72)(H,68,71)(H,76,77)/t42-,50-,51-,52-/m0/s1. The summed E-state index contributed by atoms with van der Waals surface area (Å²) in [6, 6.07) is 38.3. The molecule has 6 rings (SSSR count). The molecule has 5 aromatic rings. The predicted molar refractivity (Wildman–Crippen MR) is 301 cm³/mol. The monoisotopic (exact) mass is 1080 g/mol. The van der Waals surface area contributed by atoms with Crippen molar-refractivity contribution in [3.05, 3.63) is 167 Å². The maximum absolute atomic E-state index is 14.4. The van der Waals surface area contributed by atoms with Gasteiger partial charge in [-0.25, -0.2) is 9.59 Å². The molecule has 1 saturated heterocycles. The molecule has 0 radical (unpaired) electrons. The lowest BCUT2D eigenvalue weighted by Gasteiger charge is -2.37. The third-order valence-electron chi connectivity index (χ3n) is 13.7. The van der Waals surface area contributed by atoms with Crippen molar-refractivity contribution in [3.63, 3.8) is 0 Å². The molecule has 0 aliphatic carbocycles. The molecule has 1 aliphatic rings. The predicted octanol–water partition coefficient (Wildman–Crippen LogP) is 7.56. The number of hydrogen-bond donors (Lipinski definition) is 7. The Balaban J connectivity index is 1.06. The van der Waals surface area contributed by atoms with E-state index in [0.717, 1.165) is 30.4 Å². The fraction of sp³-hybridized carbons (Fsp3) is 0.387. The van der Waals surface area contributed by atoms with Gasteiger partial charge in [-0.15, -0.1) is 0 Å². The number of hydrogen-bond acceptors (Lipinski definition) is 9. The molecule has 0 unspecified atom stereocenters. The van der Waals surface area contributed by atoms with E-state index in [9.17, 15) is 43.5 Å². The van der Waals surface area contributed by atoms with E-state index in [1.54, 1.807) is 32.9 Å². The number of nitrogens with zero attached hydrogens (tertiary/aromatic N) is 1. The Morgan fingerprint density at radius 3 is 1.77 bits per heavy atom. The van der Waals surface area contributed by atoms with Gasteiger partial charge in [0.05, 0.1) is 6.42 Å². The van der Waals surface area contributed by atoms with Gasteiger partial charge < -0.3 is 46.6 Å². The normalized spacial score (nSPS) is 14.4. The second-order valence-corrected chi connectivity index (χ2v) is 20.8. The molecule has 1 aliphatic heterocycles. The quantitative estimate of drug-likeness (QED) is 0.0212. The van der Waals surface area contributed by atoms with Crippen LogP contribution >= 0.6 is 0 Å². The first-order valence-corrected chi connectivity index (χ1v) is 27.2. The van der Waals surface area contributed by atoms with Gasteiger partial charge in [0.1, 0.15) is 35.3 Å². The summed E-state index contributed by atoms with van der Waals surface area (Å²) in [6.45, 7) is 9.17. The summed E-state index contributed by atoms with van der Waals surface area (Å²) in [5, 5.41) is 26.7. The van der Waals surface area contributed by atoms with Crippen LogP contribution in [-0.4, -0.2) is 107 Å². The van der Waals surface area contributed by atoms with Gasteiger partial charge in [0.15, 0.2) is 0 Å². The van der Waals surface area contributed by atoms with Crippen LogP contribution in [0.4, 0.5) is 4.79 Å². The summed E-state index contributed by atoms with van der Waals surface area (Å²) in [5.41, 5.74) is 3.90. The van der Waals surface area contributed by atoms with Crippen LogP contribution in [0.5, 0.6) is 0 Å². The average molecular weight is 1080 g/mol.